The Morgan fingerprint density at radius 2 is 1.70 bits per heavy atom. The zero-order valence-corrected chi connectivity index (χ0v) is 11.4. The van der Waals surface area contributed by atoms with Gasteiger partial charge in [-0.05, 0) is 30.3 Å². The van der Waals surface area contributed by atoms with Crippen molar-refractivity contribution in [2.45, 2.75) is 6.18 Å². The van der Waals surface area contributed by atoms with E-state index in [-0.39, 0.29) is 11.3 Å². The van der Waals surface area contributed by atoms with Gasteiger partial charge >= 0.3 is 18.1 Å². The van der Waals surface area contributed by atoms with Gasteiger partial charge in [0.15, 0.2) is 5.75 Å². The first kappa shape index (κ1) is 16.3. The third kappa shape index (κ3) is 4.22. The van der Waals surface area contributed by atoms with Crippen LogP contribution in [0.25, 0.3) is 0 Å². The van der Waals surface area contributed by atoms with Crippen molar-refractivity contribution in [3.63, 3.8) is 0 Å². The Labute approximate surface area is 128 Å². The fourth-order valence-electron chi connectivity index (χ4n) is 1.66. The largest absolute Gasteiger partial charge is 0.478 e. The number of nitrogens with one attached hydrogen (secondary N) is 1. The minimum Gasteiger partial charge on any atom is -0.478 e. The van der Waals surface area contributed by atoms with E-state index < -0.39 is 23.7 Å². The van der Waals surface area contributed by atoms with Gasteiger partial charge in [0, 0.05) is 0 Å². The fourth-order valence-corrected chi connectivity index (χ4v) is 1.66. The lowest BCUT2D eigenvalue weighted by Gasteiger charge is -2.14. The summed E-state index contributed by atoms with van der Waals surface area (Å²) in [6.45, 7) is 0. The average molecular weight is 325 g/mol. The Balaban J connectivity index is 2.37. The molecule has 2 rings (SSSR count). The molecule has 23 heavy (non-hydrogen) atoms. The molecular weight excluding hydrogens is 315 g/mol. The number of carboxylic acids is 1. The van der Waals surface area contributed by atoms with Crippen LogP contribution in [-0.4, -0.2) is 23.2 Å². The highest BCUT2D eigenvalue weighted by atomic mass is 19.4. The van der Waals surface area contributed by atoms with Crippen LogP contribution in [0.3, 0.4) is 0 Å². The predicted molar refractivity (Wildman–Crippen MR) is 74.6 cm³/mol. The molecule has 0 aliphatic heterocycles. The molecule has 0 saturated heterocycles. The zero-order valence-electron chi connectivity index (χ0n) is 11.4. The van der Waals surface area contributed by atoms with Crippen LogP contribution in [0.1, 0.15) is 10.4 Å². The molecule has 5 nitrogen and oxygen atoms in total. The van der Waals surface area contributed by atoms with E-state index in [1.807, 2.05) is 0 Å². The summed E-state index contributed by atoms with van der Waals surface area (Å²) in [5, 5.41) is 10.5. The number of hydrogen-bond acceptors (Lipinski definition) is 3. The zero-order chi connectivity index (χ0) is 17.0. The van der Waals surface area contributed by atoms with Crippen LogP contribution in [0.4, 0.5) is 18.9 Å². The van der Waals surface area contributed by atoms with Gasteiger partial charge in [-0.15, -0.1) is 0 Å². The molecule has 0 spiro atoms. The van der Waals surface area contributed by atoms with Gasteiger partial charge in [-0.25, -0.2) is 4.79 Å². The number of aromatic carboxylic acids is 1. The lowest BCUT2D eigenvalue weighted by molar-refractivity contribution is -0.167. The summed E-state index contributed by atoms with van der Waals surface area (Å²) >= 11 is 0. The Hall–Kier alpha value is -3.03. The van der Waals surface area contributed by atoms with E-state index in [4.69, 9.17) is 9.84 Å². The first-order valence-corrected chi connectivity index (χ1v) is 6.26. The van der Waals surface area contributed by atoms with Gasteiger partial charge in [-0.3, -0.25) is 4.79 Å². The standard InChI is InChI=1S/C15H10F3NO4/c16-15(17,18)14(22)19-11-8-9(13(20)21)6-7-12(11)23-10-4-2-1-3-5-10/h1-8H,(H,19,22)(H,20,21). The minimum atomic E-state index is -5.11. The third-order valence-corrected chi connectivity index (χ3v) is 2.70. The molecule has 8 heteroatoms. The second-order valence-electron chi connectivity index (χ2n) is 4.38. The second kappa shape index (κ2) is 6.39. The molecule has 0 radical (unpaired) electrons. The number of hydrogen-bond donors (Lipinski definition) is 2. The van der Waals surface area contributed by atoms with Crippen LogP contribution in [0.15, 0.2) is 48.5 Å². The first-order valence-electron chi connectivity index (χ1n) is 6.26. The Kier molecular flexibility index (Phi) is 4.54. The van der Waals surface area contributed by atoms with Crippen LogP contribution >= 0.6 is 0 Å². The number of benzene rings is 2. The maximum atomic E-state index is 12.4. The summed E-state index contributed by atoms with van der Waals surface area (Å²) in [5.41, 5.74) is -0.682. The monoisotopic (exact) mass is 325 g/mol. The Bertz CT molecular complexity index is 729. The van der Waals surface area contributed by atoms with Gasteiger partial charge in [0.25, 0.3) is 0 Å². The molecule has 120 valence electrons. The molecule has 0 fully saturated rings. The minimum absolute atomic E-state index is 0.112. The van der Waals surface area contributed by atoms with Crippen molar-refractivity contribution >= 4 is 17.6 Å². The van der Waals surface area contributed by atoms with Gasteiger partial charge < -0.3 is 15.2 Å². The number of halogens is 3. The van der Waals surface area contributed by atoms with Crippen LogP contribution < -0.4 is 10.1 Å². The number of carbonyl (C=O) groups excluding carboxylic acids is 1. The summed E-state index contributed by atoms with van der Waals surface area (Å²) in [6, 6.07) is 11.3. The number of carbonyl (C=O) groups is 2. The maximum Gasteiger partial charge on any atom is 0.471 e. The highest BCUT2D eigenvalue weighted by Gasteiger charge is 2.39. The lowest BCUT2D eigenvalue weighted by atomic mass is 10.2. The SMILES string of the molecule is O=C(O)c1ccc(Oc2ccccc2)c(NC(=O)C(F)(F)F)c1. The molecule has 2 aromatic rings. The van der Waals surface area contributed by atoms with Crippen molar-refractivity contribution in [1.29, 1.82) is 0 Å². The summed E-state index contributed by atoms with van der Waals surface area (Å²) in [7, 11) is 0. The molecule has 0 atom stereocenters. The quantitative estimate of drug-likeness (QED) is 0.899. The molecule has 0 aromatic heterocycles. The first-order chi connectivity index (χ1) is 10.8. The van der Waals surface area contributed by atoms with E-state index >= 15 is 0 Å². The fraction of sp³-hybridized carbons (Fsp3) is 0.0667. The summed E-state index contributed by atoms with van der Waals surface area (Å²) in [5.74, 6) is -3.37. The molecule has 0 saturated carbocycles. The van der Waals surface area contributed by atoms with Crippen molar-refractivity contribution < 1.29 is 32.6 Å². The van der Waals surface area contributed by atoms with Crippen molar-refractivity contribution in [2.75, 3.05) is 5.32 Å². The number of ether oxygens (including phenoxy) is 1. The molecular formula is C15H10F3NO4. The Morgan fingerprint density at radius 3 is 2.26 bits per heavy atom. The average Bonchev–Trinajstić information content (AvgIpc) is 2.48. The van der Waals surface area contributed by atoms with Crippen LogP contribution in [0.5, 0.6) is 11.5 Å². The molecule has 0 aliphatic rings. The van der Waals surface area contributed by atoms with Gasteiger partial charge in [-0.2, -0.15) is 13.2 Å². The van der Waals surface area contributed by atoms with Crippen molar-refractivity contribution in [3.8, 4) is 11.5 Å². The topological polar surface area (TPSA) is 75.6 Å². The van der Waals surface area contributed by atoms with Crippen LogP contribution in [0.2, 0.25) is 0 Å². The highest BCUT2D eigenvalue weighted by molar-refractivity contribution is 5.98. The van der Waals surface area contributed by atoms with Crippen LogP contribution in [0, 0.1) is 0 Å². The smallest absolute Gasteiger partial charge is 0.471 e. The maximum absolute atomic E-state index is 12.4. The Morgan fingerprint density at radius 1 is 1.04 bits per heavy atom. The van der Waals surface area contributed by atoms with Crippen molar-refractivity contribution in [1.82, 2.24) is 0 Å². The van der Waals surface area contributed by atoms with E-state index in [1.54, 1.807) is 35.6 Å². The number of para-hydroxylation sites is 1. The molecule has 1 amide bonds. The summed E-state index contributed by atoms with van der Waals surface area (Å²) in [4.78, 5) is 22.0. The molecule has 0 aliphatic carbocycles. The van der Waals surface area contributed by atoms with E-state index in [9.17, 15) is 22.8 Å². The highest BCUT2D eigenvalue weighted by Crippen LogP contribution is 2.31. The van der Waals surface area contributed by atoms with Gasteiger partial charge in [0.2, 0.25) is 0 Å². The van der Waals surface area contributed by atoms with Crippen molar-refractivity contribution in [3.05, 3.63) is 54.1 Å². The number of amides is 1. The second-order valence-corrected chi connectivity index (χ2v) is 4.38. The molecule has 2 aromatic carbocycles. The van der Waals surface area contributed by atoms with Gasteiger partial charge in [0.05, 0.1) is 11.3 Å². The normalized spacial score (nSPS) is 10.9. The van der Waals surface area contributed by atoms with E-state index in [0.29, 0.717) is 5.75 Å². The van der Waals surface area contributed by atoms with E-state index in [2.05, 4.69) is 0 Å². The van der Waals surface area contributed by atoms with Gasteiger partial charge in [-0.1, -0.05) is 18.2 Å². The number of anilines is 1. The van der Waals surface area contributed by atoms with Gasteiger partial charge in [0.1, 0.15) is 5.75 Å². The lowest BCUT2D eigenvalue weighted by Crippen LogP contribution is -2.30. The molecule has 0 bridgehead atoms. The predicted octanol–water partition coefficient (Wildman–Crippen LogP) is 3.68. The molecule has 2 N–H and O–H groups in total. The van der Waals surface area contributed by atoms with E-state index in [1.165, 1.54) is 6.07 Å². The van der Waals surface area contributed by atoms with Crippen LogP contribution in [-0.2, 0) is 4.79 Å². The number of alkyl halides is 3. The molecule has 0 unspecified atom stereocenters. The number of rotatable bonds is 4. The summed E-state index contributed by atoms with van der Waals surface area (Å²) < 4.78 is 42.5. The van der Waals surface area contributed by atoms with E-state index in [0.717, 1.165) is 12.1 Å². The molecule has 0 heterocycles. The third-order valence-electron chi connectivity index (χ3n) is 2.70. The van der Waals surface area contributed by atoms with Crippen molar-refractivity contribution in [2.24, 2.45) is 0 Å². The summed E-state index contributed by atoms with van der Waals surface area (Å²) in [6.07, 6.45) is -5.11. The number of carboxylic acid groups (broad SMARTS) is 1.